The fourth-order valence-electron chi connectivity index (χ4n) is 3.54. The van der Waals surface area contributed by atoms with E-state index in [0.29, 0.717) is 36.9 Å². The first kappa shape index (κ1) is 22.7. The van der Waals surface area contributed by atoms with Crippen molar-refractivity contribution in [1.29, 1.82) is 0 Å². The van der Waals surface area contributed by atoms with Crippen LogP contribution in [0, 0.1) is 5.82 Å². The lowest BCUT2D eigenvalue weighted by Gasteiger charge is -2.18. The number of hydrogen-bond donors (Lipinski definition) is 1. The van der Waals surface area contributed by atoms with Crippen LogP contribution in [0.1, 0.15) is 36.2 Å². The SMILES string of the molecule is C[C@H]1CCCOc2cc(F)c(OCCN(C)C)cc2C(=O)Nc2cccc(n2)-c2nncn21. The topological polar surface area (TPSA) is 94.4 Å². The molecule has 2 aromatic heterocycles. The number of aromatic nitrogens is 4. The molecule has 0 saturated carbocycles. The van der Waals surface area contributed by atoms with E-state index in [9.17, 15) is 9.18 Å². The molecule has 1 N–H and O–H groups in total. The summed E-state index contributed by atoms with van der Waals surface area (Å²) in [4.78, 5) is 19.6. The second-order valence-electron chi connectivity index (χ2n) is 8.19. The summed E-state index contributed by atoms with van der Waals surface area (Å²) in [5.74, 6) is 0.0653. The van der Waals surface area contributed by atoms with Crippen LogP contribution in [0.15, 0.2) is 36.7 Å². The number of halogens is 1. The van der Waals surface area contributed by atoms with E-state index in [1.54, 1.807) is 18.5 Å². The van der Waals surface area contributed by atoms with E-state index in [1.165, 1.54) is 12.1 Å². The lowest BCUT2D eigenvalue weighted by Crippen LogP contribution is -2.20. The molecule has 0 unspecified atom stereocenters. The molecule has 10 heteroatoms. The minimum Gasteiger partial charge on any atom is -0.493 e. The predicted molar refractivity (Wildman–Crippen MR) is 121 cm³/mol. The highest BCUT2D eigenvalue weighted by Crippen LogP contribution is 2.30. The number of amides is 1. The highest BCUT2D eigenvalue weighted by molar-refractivity contribution is 6.06. The molecule has 1 aliphatic rings. The number of ether oxygens (including phenoxy) is 2. The molecule has 0 spiro atoms. The van der Waals surface area contributed by atoms with Gasteiger partial charge in [0.1, 0.15) is 30.2 Å². The average molecular weight is 455 g/mol. The summed E-state index contributed by atoms with van der Waals surface area (Å²) in [6.45, 7) is 3.29. The Hall–Kier alpha value is -3.53. The third-order valence-corrected chi connectivity index (χ3v) is 5.37. The van der Waals surface area contributed by atoms with Crippen molar-refractivity contribution in [2.24, 2.45) is 0 Å². The molecule has 33 heavy (non-hydrogen) atoms. The minimum absolute atomic E-state index is 0.00102. The summed E-state index contributed by atoms with van der Waals surface area (Å²) in [7, 11) is 3.80. The lowest BCUT2D eigenvalue weighted by molar-refractivity contribution is 0.102. The number of pyridine rings is 1. The van der Waals surface area contributed by atoms with E-state index in [1.807, 2.05) is 29.6 Å². The van der Waals surface area contributed by atoms with Crippen LogP contribution in [-0.4, -0.2) is 64.4 Å². The number of fused-ring (bicyclic) bond motifs is 5. The molecular formula is C23H27FN6O3. The van der Waals surface area contributed by atoms with Gasteiger partial charge >= 0.3 is 0 Å². The average Bonchev–Trinajstić information content (AvgIpc) is 3.27. The number of anilines is 1. The van der Waals surface area contributed by atoms with Crippen LogP contribution in [0.2, 0.25) is 0 Å². The van der Waals surface area contributed by atoms with Crippen LogP contribution >= 0.6 is 0 Å². The number of hydrogen-bond acceptors (Lipinski definition) is 7. The Kier molecular flexibility index (Phi) is 6.83. The molecule has 0 saturated heterocycles. The summed E-state index contributed by atoms with van der Waals surface area (Å²) in [6.07, 6.45) is 3.14. The van der Waals surface area contributed by atoms with E-state index in [4.69, 9.17) is 9.47 Å². The van der Waals surface area contributed by atoms with Gasteiger partial charge in [-0.1, -0.05) is 6.07 Å². The maximum Gasteiger partial charge on any atom is 0.260 e. The Labute approximate surface area is 191 Å². The summed E-state index contributed by atoms with van der Waals surface area (Å²) in [5, 5.41) is 11.0. The quantitative estimate of drug-likeness (QED) is 0.646. The van der Waals surface area contributed by atoms with E-state index in [0.717, 1.165) is 6.42 Å². The Morgan fingerprint density at radius 2 is 2.18 bits per heavy atom. The van der Waals surface area contributed by atoms with Crippen molar-refractivity contribution in [2.45, 2.75) is 25.8 Å². The number of likely N-dealkylation sites (N-methyl/N-ethyl adjacent to an activating group) is 1. The molecule has 1 aromatic carbocycles. The van der Waals surface area contributed by atoms with Crippen LogP contribution in [0.4, 0.5) is 10.2 Å². The molecule has 0 fully saturated rings. The second-order valence-corrected chi connectivity index (χ2v) is 8.19. The molecule has 9 nitrogen and oxygen atoms in total. The Bertz CT molecular complexity index is 1130. The molecular weight excluding hydrogens is 427 g/mol. The molecule has 1 atom stereocenters. The van der Waals surface area contributed by atoms with Gasteiger partial charge in [0.25, 0.3) is 5.91 Å². The van der Waals surface area contributed by atoms with Gasteiger partial charge < -0.3 is 24.3 Å². The lowest BCUT2D eigenvalue weighted by atomic mass is 10.1. The third-order valence-electron chi connectivity index (χ3n) is 5.37. The number of nitrogens with one attached hydrogen (secondary N) is 1. The molecule has 3 heterocycles. The zero-order valence-corrected chi connectivity index (χ0v) is 18.9. The fraction of sp³-hybridized carbons (Fsp3) is 0.391. The van der Waals surface area contributed by atoms with E-state index in [-0.39, 0.29) is 29.7 Å². The van der Waals surface area contributed by atoms with Gasteiger partial charge in [0, 0.05) is 18.7 Å². The van der Waals surface area contributed by atoms with Gasteiger partial charge in [-0.25, -0.2) is 9.37 Å². The van der Waals surface area contributed by atoms with Crippen molar-refractivity contribution in [3.63, 3.8) is 0 Å². The van der Waals surface area contributed by atoms with Crippen molar-refractivity contribution < 1.29 is 18.7 Å². The van der Waals surface area contributed by atoms with Crippen LogP contribution in [-0.2, 0) is 0 Å². The normalized spacial score (nSPS) is 16.3. The molecule has 2 bridgehead atoms. The monoisotopic (exact) mass is 454 g/mol. The van der Waals surface area contributed by atoms with Crippen LogP contribution in [0.25, 0.3) is 11.5 Å². The highest BCUT2D eigenvalue weighted by atomic mass is 19.1. The molecule has 1 aliphatic heterocycles. The second kappa shape index (κ2) is 9.95. The van der Waals surface area contributed by atoms with Crippen molar-refractivity contribution in [2.75, 3.05) is 39.2 Å². The van der Waals surface area contributed by atoms with Crippen LogP contribution < -0.4 is 14.8 Å². The molecule has 4 rings (SSSR count). The molecule has 174 valence electrons. The first-order chi connectivity index (χ1) is 15.9. The smallest absolute Gasteiger partial charge is 0.260 e. The number of benzene rings is 1. The predicted octanol–water partition coefficient (Wildman–Crippen LogP) is 3.41. The largest absolute Gasteiger partial charge is 0.493 e. The maximum atomic E-state index is 14.7. The molecule has 1 amide bonds. The third kappa shape index (κ3) is 5.28. The van der Waals surface area contributed by atoms with Gasteiger partial charge in [-0.3, -0.25) is 4.79 Å². The molecule has 3 aromatic rings. The van der Waals surface area contributed by atoms with E-state index >= 15 is 0 Å². The standard InChI is InChI=1S/C23H27FN6O3/c1-15-6-5-10-32-19-13-17(24)20(33-11-9-29(2)3)12-16(19)23(31)27-21-8-4-7-18(26-21)22-28-25-14-30(15)22/h4,7-8,12-15H,5-6,9-11H2,1-3H3,(H,26,27,31)/t15-/m0/s1. The number of rotatable bonds is 4. The zero-order chi connectivity index (χ0) is 23.4. The van der Waals surface area contributed by atoms with Gasteiger partial charge in [0.2, 0.25) is 0 Å². The van der Waals surface area contributed by atoms with E-state index < -0.39 is 11.7 Å². The summed E-state index contributed by atoms with van der Waals surface area (Å²) >= 11 is 0. The Morgan fingerprint density at radius 1 is 1.33 bits per heavy atom. The minimum atomic E-state index is -0.580. The first-order valence-electron chi connectivity index (χ1n) is 10.8. The highest BCUT2D eigenvalue weighted by Gasteiger charge is 2.21. The zero-order valence-electron chi connectivity index (χ0n) is 18.9. The Morgan fingerprint density at radius 3 is 3.00 bits per heavy atom. The summed E-state index contributed by atoms with van der Waals surface area (Å²) in [6, 6.07) is 7.96. The van der Waals surface area contributed by atoms with Gasteiger partial charge in [-0.2, -0.15) is 0 Å². The maximum absolute atomic E-state index is 14.7. The van der Waals surface area contributed by atoms with E-state index in [2.05, 4.69) is 27.4 Å². The number of nitrogens with zero attached hydrogens (tertiary/aromatic N) is 5. The molecule has 0 radical (unpaired) electrons. The van der Waals surface area contributed by atoms with Crippen molar-refractivity contribution in [3.05, 3.63) is 48.0 Å². The van der Waals surface area contributed by atoms with Crippen LogP contribution in [0.3, 0.4) is 0 Å². The van der Waals surface area contributed by atoms with Gasteiger partial charge in [-0.15, -0.1) is 10.2 Å². The van der Waals surface area contributed by atoms with Crippen molar-refractivity contribution >= 4 is 11.7 Å². The first-order valence-corrected chi connectivity index (χ1v) is 10.8. The van der Waals surface area contributed by atoms with Gasteiger partial charge in [-0.05, 0) is 52.1 Å². The van der Waals surface area contributed by atoms with Gasteiger partial charge in [0.15, 0.2) is 17.4 Å². The summed E-state index contributed by atoms with van der Waals surface area (Å²) in [5.41, 5.74) is 0.772. The van der Waals surface area contributed by atoms with Crippen molar-refractivity contribution in [1.82, 2.24) is 24.6 Å². The van der Waals surface area contributed by atoms with Crippen molar-refractivity contribution in [3.8, 4) is 23.0 Å². The van der Waals surface area contributed by atoms with Crippen LogP contribution in [0.5, 0.6) is 11.5 Å². The summed E-state index contributed by atoms with van der Waals surface area (Å²) < 4.78 is 28.0. The Balaban J connectivity index is 1.68. The van der Waals surface area contributed by atoms with Gasteiger partial charge in [0.05, 0.1) is 12.2 Å². The fourth-order valence-corrected chi connectivity index (χ4v) is 3.54. The molecule has 0 aliphatic carbocycles. The number of carbonyl (C=O) groups excluding carboxylic acids is 1. The number of carbonyl (C=O) groups is 1.